The van der Waals surface area contributed by atoms with Crippen LogP contribution in [-0.4, -0.2) is 19.1 Å². The molecule has 0 fully saturated rings. The standard InChI is InChI=1S/C78H54N4/c1-51-45-63(49-71-75(51)81(65-29-17-7-18-30-65)77(79-71)59-25-13-5-14-26-59)55-37-33-53(34-38-55)61-41-43-67-69(47-61)73(57-21-9-3-10-22-57)68-44-42-62(48-70(68)74(67)58-23-11-4-12-24-58)54-35-39-56(40-36-54)64-46-52(2)76-72(50-64)80-78(60-27-15-6-16-28-60)82(76)66-31-19-8-20-32-66/h3-50H,1-2H3. The molecular weight excluding hydrogens is 993 g/mol. The maximum atomic E-state index is 5.30. The van der Waals surface area contributed by atoms with E-state index in [1.165, 1.54) is 66.1 Å². The second-order valence-electron chi connectivity index (χ2n) is 21.4. The van der Waals surface area contributed by atoms with E-state index in [0.29, 0.717) is 0 Å². The van der Waals surface area contributed by atoms with Gasteiger partial charge < -0.3 is 0 Å². The summed E-state index contributed by atoms with van der Waals surface area (Å²) in [5.41, 5.74) is 25.0. The van der Waals surface area contributed by atoms with Gasteiger partial charge in [-0.3, -0.25) is 9.13 Å². The second-order valence-corrected chi connectivity index (χ2v) is 21.4. The molecule has 386 valence electrons. The van der Waals surface area contributed by atoms with Crippen molar-refractivity contribution in [2.45, 2.75) is 13.8 Å². The van der Waals surface area contributed by atoms with Gasteiger partial charge in [0.15, 0.2) is 0 Å². The van der Waals surface area contributed by atoms with Crippen LogP contribution in [0, 0.1) is 13.8 Å². The average Bonchev–Trinajstić information content (AvgIpc) is 2.85. The Labute approximate surface area is 477 Å². The number of aryl methyl sites for hydroxylation is 2. The predicted octanol–water partition coefficient (Wildman–Crippen LogP) is 20.6. The van der Waals surface area contributed by atoms with Gasteiger partial charge in [-0.1, -0.05) is 231 Å². The first kappa shape index (κ1) is 48.4. The van der Waals surface area contributed by atoms with Gasteiger partial charge in [-0.25, -0.2) is 9.97 Å². The highest BCUT2D eigenvalue weighted by Crippen LogP contribution is 2.47. The average molecular weight is 1050 g/mol. The summed E-state index contributed by atoms with van der Waals surface area (Å²) in [6.45, 7) is 4.41. The lowest BCUT2D eigenvalue weighted by atomic mass is 9.84. The number of hydrogen-bond donors (Lipinski definition) is 0. The first-order valence-electron chi connectivity index (χ1n) is 28.1. The highest BCUT2D eigenvalue weighted by atomic mass is 15.1. The molecule has 0 aliphatic heterocycles. The zero-order valence-electron chi connectivity index (χ0n) is 45.5. The smallest absolute Gasteiger partial charge is 0.145 e. The number of imidazole rings is 2. The predicted molar refractivity (Wildman–Crippen MR) is 344 cm³/mol. The first-order chi connectivity index (χ1) is 40.5. The van der Waals surface area contributed by atoms with E-state index >= 15 is 0 Å². The molecule has 4 nitrogen and oxygen atoms in total. The lowest BCUT2D eigenvalue weighted by Crippen LogP contribution is -1.98. The second kappa shape index (κ2) is 20.2. The summed E-state index contributed by atoms with van der Waals surface area (Å²) in [7, 11) is 0. The molecule has 2 aromatic heterocycles. The summed E-state index contributed by atoms with van der Waals surface area (Å²) in [5, 5.41) is 4.87. The quantitative estimate of drug-likeness (QED) is 0.128. The van der Waals surface area contributed by atoms with E-state index in [1.54, 1.807) is 0 Å². The molecule has 0 atom stereocenters. The van der Waals surface area contributed by atoms with Gasteiger partial charge in [-0.15, -0.1) is 0 Å². The third kappa shape index (κ3) is 8.48. The van der Waals surface area contributed by atoms with Gasteiger partial charge >= 0.3 is 0 Å². The molecule has 0 spiro atoms. The number of aromatic nitrogens is 4. The highest BCUT2D eigenvalue weighted by Gasteiger charge is 2.22. The van der Waals surface area contributed by atoms with E-state index < -0.39 is 0 Å². The molecule has 0 amide bonds. The summed E-state index contributed by atoms with van der Waals surface area (Å²) in [4.78, 5) is 10.6. The van der Waals surface area contributed by atoms with Gasteiger partial charge in [0.05, 0.1) is 22.1 Å². The van der Waals surface area contributed by atoms with Gasteiger partial charge in [-0.2, -0.15) is 0 Å². The number of rotatable bonds is 10. The van der Waals surface area contributed by atoms with Crippen LogP contribution in [0.3, 0.4) is 0 Å². The van der Waals surface area contributed by atoms with Crippen LogP contribution in [-0.2, 0) is 0 Å². The first-order valence-corrected chi connectivity index (χ1v) is 28.1. The number of nitrogens with zero attached hydrogens (tertiary/aromatic N) is 4. The van der Waals surface area contributed by atoms with Crippen molar-refractivity contribution in [2.24, 2.45) is 0 Å². The Hall–Kier alpha value is -10.7. The molecular formula is C78H54N4. The summed E-state index contributed by atoms with van der Waals surface area (Å²) in [6, 6.07) is 105. The van der Waals surface area contributed by atoms with E-state index in [4.69, 9.17) is 9.97 Å². The number of benzene rings is 13. The minimum Gasteiger partial charge on any atom is -0.292 e. The molecule has 13 aromatic carbocycles. The van der Waals surface area contributed by atoms with Crippen LogP contribution < -0.4 is 0 Å². The van der Waals surface area contributed by atoms with Gasteiger partial charge in [0.1, 0.15) is 11.6 Å². The van der Waals surface area contributed by atoms with Gasteiger partial charge in [0, 0.05) is 22.5 Å². The summed E-state index contributed by atoms with van der Waals surface area (Å²) < 4.78 is 4.60. The Morgan fingerprint density at radius 2 is 0.524 bits per heavy atom. The molecule has 0 saturated heterocycles. The number of para-hydroxylation sites is 2. The zero-order valence-corrected chi connectivity index (χ0v) is 45.5. The Morgan fingerprint density at radius 3 is 0.866 bits per heavy atom. The molecule has 0 aliphatic carbocycles. The minimum atomic E-state index is 0.935. The Morgan fingerprint density at radius 1 is 0.232 bits per heavy atom. The van der Waals surface area contributed by atoms with Crippen LogP contribution >= 0.6 is 0 Å². The van der Waals surface area contributed by atoms with Crippen molar-refractivity contribution in [3.63, 3.8) is 0 Å². The lowest BCUT2D eigenvalue weighted by molar-refractivity contribution is 1.10. The summed E-state index contributed by atoms with van der Waals surface area (Å²) in [5.74, 6) is 1.87. The maximum Gasteiger partial charge on any atom is 0.145 e. The van der Waals surface area contributed by atoms with Crippen molar-refractivity contribution in [1.29, 1.82) is 0 Å². The van der Waals surface area contributed by atoms with E-state index in [9.17, 15) is 0 Å². The van der Waals surface area contributed by atoms with E-state index in [0.717, 1.165) is 89.6 Å². The summed E-state index contributed by atoms with van der Waals surface area (Å²) >= 11 is 0. The Balaban J connectivity index is 0.812. The fourth-order valence-electron chi connectivity index (χ4n) is 12.5. The highest BCUT2D eigenvalue weighted by molar-refractivity contribution is 6.22. The monoisotopic (exact) mass is 1050 g/mol. The molecule has 0 bridgehead atoms. The number of hydrogen-bond acceptors (Lipinski definition) is 2. The van der Waals surface area contributed by atoms with Crippen molar-refractivity contribution >= 4 is 43.6 Å². The minimum absolute atomic E-state index is 0.935. The lowest BCUT2D eigenvalue weighted by Gasteiger charge is -2.20. The van der Waals surface area contributed by atoms with Crippen LogP contribution in [0.4, 0.5) is 0 Å². The largest absolute Gasteiger partial charge is 0.292 e. The van der Waals surface area contributed by atoms with Crippen LogP contribution in [0.25, 0.3) is 145 Å². The topological polar surface area (TPSA) is 35.6 Å². The van der Waals surface area contributed by atoms with Crippen molar-refractivity contribution in [2.75, 3.05) is 0 Å². The van der Waals surface area contributed by atoms with E-state index in [-0.39, 0.29) is 0 Å². The molecule has 0 unspecified atom stereocenters. The zero-order chi connectivity index (χ0) is 54.7. The molecule has 0 saturated carbocycles. The molecule has 15 aromatic rings. The Kier molecular flexibility index (Phi) is 11.9. The van der Waals surface area contributed by atoms with Crippen LogP contribution in [0.2, 0.25) is 0 Å². The molecule has 4 heteroatoms. The molecule has 0 N–H and O–H groups in total. The fourth-order valence-corrected chi connectivity index (χ4v) is 12.5. The van der Waals surface area contributed by atoms with Crippen molar-refractivity contribution < 1.29 is 0 Å². The Bertz CT molecular complexity index is 4540. The molecule has 82 heavy (non-hydrogen) atoms. The third-order valence-corrected chi connectivity index (χ3v) is 16.3. The van der Waals surface area contributed by atoms with Crippen molar-refractivity contribution in [3.8, 4) is 101 Å². The van der Waals surface area contributed by atoms with E-state index in [2.05, 4.69) is 314 Å². The molecule has 15 rings (SSSR count). The molecule has 2 heterocycles. The third-order valence-electron chi connectivity index (χ3n) is 16.3. The molecule has 0 radical (unpaired) electrons. The van der Waals surface area contributed by atoms with Gasteiger partial charge in [0.2, 0.25) is 0 Å². The maximum absolute atomic E-state index is 5.30. The van der Waals surface area contributed by atoms with E-state index in [1.807, 2.05) is 0 Å². The van der Waals surface area contributed by atoms with Gasteiger partial charge in [-0.05, 0) is 174 Å². The van der Waals surface area contributed by atoms with Crippen LogP contribution in [0.1, 0.15) is 11.1 Å². The van der Waals surface area contributed by atoms with Crippen molar-refractivity contribution in [3.05, 3.63) is 302 Å². The normalized spacial score (nSPS) is 11.5. The SMILES string of the molecule is Cc1cc(-c2ccc(-c3ccc4c(-c5ccccc5)c5cc(-c6ccc(-c7cc(C)c8c(c7)nc(-c7ccccc7)n8-c7ccccc7)cc6)ccc5c(-c5ccccc5)c4c3)cc2)cc2nc(-c3ccccc3)n(-c3ccccc3)c12. The van der Waals surface area contributed by atoms with Crippen molar-refractivity contribution in [1.82, 2.24) is 19.1 Å². The number of fused-ring (bicyclic) bond motifs is 4. The van der Waals surface area contributed by atoms with Crippen LogP contribution in [0.5, 0.6) is 0 Å². The molecule has 0 aliphatic rings. The summed E-state index contributed by atoms with van der Waals surface area (Å²) in [6.07, 6.45) is 0. The van der Waals surface area contributed by atoms with Crippen LogP contribution in [0.15, 0.2) is 291 Å². The van der Waals surface area contributed by atoms with Gasteiger partial charge in [0.25, 0.3) is 0 Å². The fraction of sp³-hybridized carbons (Fsp3) is 0.0256.